The van der Waals surface area contributed by atoms with Crippen LogP contribution in [0.25, 0.3) is 0 Å². The van der Waals surface area contributed by atoms with Crippen LogP contribution < -0.4 is 0 Å². The number of rotatable bonds is 4. The second-order valence-corrected chi connectivity index (χ2v) is 5.71. The zero-order valence-electron chi connectivity index (χ0n) is 13.7. The quantitative estimate of drug-likeness (QED) is 0.749. The van der Waals surface area contributed by atoms with Crippen molar-refractivity contribution < 1.29 is 0 Å². The van der Waals surface area contributed by atoms with Gasteiger partial charge in [-0.1, -0.05) is 58.9 Å². The first-order valence-electron chi connectivity index (χ1n) is 7.15. The lowest BCUT2D eigenvalue weighted by molar-refractivity contribution is 0.421. The van der Waals surface area contributed by atoms with Crippen LogP contribution in [-0.4, -0.2) is 38.3 Å². The van der Waals surface area contributed by atoms with Crippen LogP contribution >= 0.6 is 0 Å². The summed E-state index contributed by atoms with van der Waals surface area (Å²) in [4.78, 5) is 6.55. The fourth-order valence-corrected chi connectivity index (χ4v) is 1.50. The van der Waals surface area contributed by atoms with Crippen LogP contribution in [0.3, 0.4) is 0 Å². The molecule has 108 valence electrons. The van der Waals surface area contributed by atoms with E-state index in [1.54, 1.807) is 0 Å². The van der Waals surface area contributed by atoms with Crippen LogP contribution in [0.5, 0.6) is 0 Å². The molecule has 0 spiro atoms. The molecule has 0 saturated heterocycles. The van der Waals surface area contributed by atoms with Crippen LogP contribution in [0.1, 0.15) is 45.7 Å². The fraction of sp³-hybridized carbons (Fsp3) is 0.588. The maximum Gasteiger partial charge on any atom is 0.0516 e. The normalized spacial score (nSPS) is 11.6. The van der Waals surface area contributed by atoms with Gasteiger partial charge in [0.1, 0.15) is 0 Å². The van der Waals surface area contributed by atoms with Gasteiger partial charge in [-0.2, -0.15) is 0 Å². The molecule has 0 aliphatic heterocycles. The Morgan fingerprint density at radius 3 is 2.00 bits per heavy atom. The minimum atomic E-state index is 0.223. The van der Waals surface area contributed by atoms with Gasteiger partial charge in [-0.25, -0.2) is 0 Å². The van der Waals surface area contributed by atoms with Crippen molar-refractivity contribution in [3.05, 3.63) is 35.4 Å². The predicted molar refractivity (Wildman–Crippen MR) is 87.5 cm³/mol. The number of nitrogens with zero attached hydrogens (tertiary/aromatic N) is 2. The first-order valence-corrected chi connectivity index (χ1v) is 7.15. The van der Waals surface area contributed by atoms with Crippen molar-refractivity contribution >= 4 is 6.21 Å². The van der Waals surface area contributed by atoms with Gasteiger partial charge in [0, 0.05) is 12.8 Å². The first kappa shape index (κ1) is 17.8. The molecule has 0 atom stereocenters. The van der Waals surface area contributed by atoms with Crippen LogP contribution in [0.4, 0.5) is 0 Å². The Balaban J connectivity index is 0.00000154. The summed E-state index contributed by atoms with van der Waals surface area (Å²) in [5, 5.41) is 0. The van der Waals surface area contributed by atoms with Gasteiger partial charge in [-0.15, -0.1) is 0 Å². The van der Waals surface area contributed by atoms with Gasteiger partial charge >= 0.3 is 0 Å². The summed E-state index contributed by atoms with van der Waals surface area (Å²) in [5.74, 6) is 0. The maximum atomic E-state index is 4.41. The van der Waals surface area contributed by atoms with Crippen molar-refractivity contribution in [2.45, 2.75) is 40.0 Å². The number of likely N-dealkylation sites (N-methyl/N-ethyl adjacent to an activating group) is 1. The molecule has 0 heterocycles. The van der Waals surface area contributed by atoms with E-state index in [2.05, 4.69) is 69.0 Å². The van der Waals surface area contributed by atoms with Crippen molar-refractivity contribution in [2.75, 3.05) is 27.2 Å². The summed E-state index contributed by atoms with van der Waals surface area (Å²) < 4.78 is 0. The highest BCUT2D eigenvalue weighted by Crippen LogP contribution is 2.21. The standard InChI is InChI=1S/C15H24N2.C2H6/c1-15(2,3)14-8-6-13(7-9-14)12-16-10-11-17(4)5;1-2/h6-9,12H,10-11H2,1-5H3;1-2H3. The van der Waals surface area contributed by atoms with Crippen molar-refractivity contribution in [1.29, 1.82) is 0 Å². The lowest BCUT2D eigenvalue weighted by atomic mass is 9.87. The number of benzene rings is 1. The third kappa shape index (κ3) is 7.78. The number of hydrogen-bond acceptors (Lipinski definition) is 2. The average Bonchev–Trinajstić information content (AvgIpc) is 2.36. The molecular weight excluding hydrogens is 232 g/mol. The molecule has 19 heavy (non-hydrogen) atoms. The Kier molecular flexibility index (Phi) is 8.33. The monoisotopic (exact) mass is 262 g/mol. The summed E-state index contributed by atoms with van der Waals surface area (Å²) in [6.07, 6.45) is 1.95. The molecule has 0 unspecified atom stereocenters. The van der Waals surface area contributed by atoms with Gasteiger partial charge in [0.2, 0.25) is 0 Å². The topological polar surface area (TPSA) is 15.6 Å². The molecule has 0 bridgehead atoms. The predicted octanol–water partition coefficient (Wildman–Crippen LogP) is 3.99. The molecule has 2 nitrogen and oxygen atoms in total. The largest absolute Gasteiger partial charge is 0.308 e. The van der Waals surface area contributed by atoms with Crippen LogP contribution in [0, 0.1) is 0 Å². The molecule has 0 aromatic heterocycles. The molecule has 0 aliphatic rings. The summed E-state index contributed by atoms with van der Waals surface area (Å²) in [6.45, 7) is 12.5. The van der Waals surface area contributed by atoms with Gasteiger partial charge < -0.3 is 4.90 Å². The van der Waals surface area contributed by atoms with E-state index in [9.17, 15) is 0 Å². The van der Waals surface area contributed by atoms with Gasteiger partial charge in [0.15, 0.2) is 0 Å². The van der Waals surface area contributed by atoms with Crippen LogP contribution in [0.2, 0.25) is 0 Å². The Hall–Kier alpha value is -1.15. The van der Waals surface area contributed by atoms with E-state index in [0.29, 0.717) is 0 Å². The summed E-state index contributed by atoms with van der Waals surface area (Å²) in [5.41, 5.74) is 2.76. The van der Waals surface area contributed by atoms with Crippen molar-refractivity contribution in [2.24, 2.45) is 4.99 Å². The third-order valence-corrected chi connectivity index (χ3v) is 2.69. The van der Waals surface area contributed by atoms with Gasteiger partial charge in [-0.3, -0.25) is 4.99 Å². The van der Waals surface area contributed by atoms with Crippen molar-refractivity contribution in [1.82, 2.24) is 4.90 Å². The van der Waals surface area contributed by atoms with Gasteiger partial charge in [-0.05, 0) is 30.6 Å². The molecule has 0 aliphatic carbocycles. The minimum absolute atomic E-state index is 0.223. The van der Waals surface area contributed by atoms with Crippen LogP contribution in [0.15, 0.2) is 29.3 Å². The fourth-order valence-electron chi connectivity index (χ4n) is 1.50. The second-order valence-electron chi connectivity index (χ2n) is 5.71. The molecule has 0 N–H and O–H groups in total. The lowest BCUT2D eigenvalue weighted by Crippen LogP contribution is -2.15. The minimum Gasteiger partial charge on any atom is -0.308 e. The Labute approximate surface area is 119 Å². The van der Waals surface area contributed by atoms with Crippen molar-refractivity contribution in [3.8, 4) is 0 Å². The summed E-state index contributed by atoms with van der Waals surface area (Å²) in [7, 11) is 4.13. The number of hydrogen-bond donors (Lipinski definition) is 0. The number of aliphatic imine (C=N–C) groups is 1. The zero-order valence-corrected chi connectivity index (χ0v) is 13.7. The maximum absolute atomic E-state index is 4.41. The van der Waals surface area contributed by atoms with E-state index in [1.165, 1.54) is 11.1 Å². The first-order chi connectivity index (χ1) is 8.89. The second kappa shape index (κ2) is 8.87. The Bertz CT molecular complexity index is 356. The molecule has 1 rings (SSSR count). The van der Waals surface area contributed by atoms with E-state index in [4.69, 9.17) is 0 Å². The molecule has 1 aromatic carbocycles. The van der Waals surface area contributed by atoms with Gasteiger partial charge in [0.25, 0.3) is 0 Å². The molecule has 0 radical (unpaired) electrons. The van der Waals surface area contributed by atoms with E-state index in [0.717, 1.165) is 13.1 Å². The highest BCUT2D eigenvalue weighted by molar-refractivity contribution is 5.79. The summed E-state index contributed by atoms with van der Waals surface area (Å²) >= 11 is 0. The van der Waals surface area contributed by atoms with E-state index >= 15 is 0 Å². The van der Waals surface area contributed by atoms with Crippen molar-refractivity contribution in [3.63, 3.8) is 0 Å². The third-order valence-electron chi connectivity index (χ3n) is 2.69. The van der Waals surface area contributed by atoms with E-state index < -0.39 is 0 Å². The van der Waals surface area contributed by atoms with E-state index in [1.807, 2.05) is 20.1 Å². The van der Waals surface area contributed by atoms with E-state index in [-0.39, 0.29) is 5.41 Å². The smallest absolute Gasteiger partial charge is 0.0516 e. The zero-order chi connectivity index (χ0) is 14.9. The molecule has 0 fully saturated rings. The molecular formula is C17H30N2. The lowest BCUT2D eigenvalue weighted by Gasteiger charge is -2.18. The highest BCUT2D eigenvalue weighted by atomic mass is 15.1. The molecule has 1 aromatic rings. The summed E-state index contributed by atoms with van der Waals surface area (Å²) in [6, 6.07) is 8.65. The molecule has 0 saturated carbocycles. The van der Waals surface area contributed by atoms with Crippen LogP contribution in [-0.2, 0) is 5.41 Å². The molecule has 0 amide bonds. The average molecular weight is 262 g/mol. The Morgan fingerprint density at radius 2 is 1.58 bits per heavy atom. The van der Waals surface area contributed by atoms with Gasteiger partial charge in [0.05, 0.1) is 6.54 Å². The SMILES string of the molecule is CC.CN(C)CCN=Cc1ccc(C(C)(C)C)cc1. The highest BCUT2D eigenvalue weighted by Gasteiger charge is 2.12. The Morgan fingerprint density at radius 1 is 1.05 bits per heavy atom. The molecule has 2 heteroatoms.